The first-order valence-electron chi connectivity index (χ1n) is 13.6. The van der Waals surface area contributed by atoms with Gasteiger partial charge in [-0.15, -0.1) is 0 Å². The number of nitrogens with zero attached hydrogens (tertiary/aromatic N) is 2. The summed E-state index contributed by atoms with van der Waals surface area (Å²) in [6.07, 6.45) is 3.86. The summed E-state index contributed by atoms with van der Waals surface area (Å²) in [4.78, 5) is 28.6. The lowest BCUT2D eigenvalue weighted by Gasteiger charge is -2.32. The summed E-state index contributed by atoms with van der Waals surface area (Å²) in [5, 5.41) is 3.04. The second kappa shape index (κ2) is 12.6. The highest BCUT2D eigenvalue weighted by molar-refractivity contribution is 7.92. The minimum Gasteiger partial charge on any atom is -0.352 e. The average Bonchev–Trinajstić information content (AvgIpc) is 3.46. The van der Waals surface area contributed by atoms with Crippen LogP contribution in [0.2, 0.25) is 0 Å². The van der Waals surface area contributed by atoms with Crippen molar-refractivity contribution in [1.82, 2.24) is 10.2 Å². The van der Waals surface area contributed by atoms with Crippen LogP contribution in [0.1, 0.15) is 49.3 Å². The van der Waals surface area contributed by atoms with E-state index in [-0.39, 0.29) is 23.4 Å². The molecule has 1 aliphatic carbocycles. The number of sulfonamides is 1. The van der Waals surface area contributed by atoms with Crippen molar-refractivity contribution in [3.05, 3.63) is 95.3 Å². The maximum atomic E-state index is 14.0. The topological polar surface area (TPSA) is 86.8 Å². The monoisotopic (exact) mass is 565 g/mol. The molecule has 1 unspecified atom stereocenters. The highest BCUT2D eigenvalue weighted by atomic mass is 32.2. The second-order valence-electron chi connectivity index (χ2n) is 10.4. The van der Waals surface area contributed by atoms with Crippen molar-refractivity contribution in [2.24, 2.45) is 0 Å². The van der Waals surface area contributed by atoms with Gasteiger partial charge in [0.15, 0.2) is 0 Å². The Hall–Kier alpha value is -3.72. The van der Waals surface area contributed by atoms with Crippen molar-refractivity contribution in [2.45, 2.75) is 70.0 Å². The summed E-state index contributed by atoms with van der Waals surface area (Å²) in [6, 6.07) is 18.1. The molecule has 0 saturated heterocycles. The number of anilines is 1. The molecule has 3 aromatic carbocycles. The van der Waals surface area contributed by atoms with E-state index in [1.54, 1.807) is 49.4 Å². The molecule has 40 heavy (non-hydrogen) atoms. The van der Waals surface area contributed by atoms with Crippen LogP contribution in [-0.4, -0.2) is 43.8 Å². The van der Waals surface area contributed by atoms with Crippen molar-refractivity contribution < 1.29 is 22.4 Å². The summed E-state index contributed by atoms with van der Waals surface area (Å²) in [6.45, 7) is 4.95. The third kappa shape index (κ3) is 6.88. The minimum absolute atomic E-state index is 0.0184. The van der Waals surface area contributed by atoms with Crippen LogP contribution >= 0.6 is 0 Å². The third-order valence-corrected chi connectivity index (χ3v) is 9.31. The van der Waals surface area contributed by atoms with Crippen LogP contribution in [0, 0.1) is 19.7 Å². The SMILES string of the molecule is Cc1ccc(N(CC(=O)N(Cc2ccc(F)cc2)C(C)C(=O)NC2CCCC2)S(=O)(=O)c2ccccc2)cc1C. The summed E-state index contributed by atoms with van der Waals surface area (Å²) in [5.41, 5.74) is 2.84. The number of carbonyl (C=O) groups is 2. The molecule has 0 bridgehead atoms. The zero-order valence-corrected chi connectivity index (χ0v) is 24.0. The van der Waals surface area contributed by atoms with Gasteiger partial charge in [-0.25, -0.2) is 12.8 Å². The largest absolute Gasteiger partial charge is 0.352 e. The highest BCUT2D eigenvalue weighted by Gasteiger charge is 2.33. The molecule has 1 fully saturated rings. The molecule has 3 aromatic rings. The van der Waals surface area contributed by atoms with Gasteiger partial charge in [0.05, 0.1) is 10.6 Å². The van der Waals surface area contributed by atoms with E-state index in [0.717, 1.165) is 41.1 Å². The average molecular weight is 566 g/mol. The molecule has 0 aliphatic heterocycles. The Morgan fingerprint density at radius 2 is 1.60 bits per heavy atom. The number of halogens is 1. The summed E-state index contributed by atoms with van der Waals surface area (Å²) >= 11 is 0. The number of aryl methyl sites for hydroxylation is 2. The quantitative estimate of drug-likeness (QED) is 0.370. The van der Waals surface area contributed by atoms with Crippen molar-refractivity contribution in [1.29, 1.82) is 0 Å². The predicted molar refractivity (Wildman–Crippen MR) is 154 cm³/mol. The van der Waals surface area contributed by atoms with Crippen LogP contribution in [-0.2, 0) is 26.2 Å². The number of amides is 2. The molecule has 2 amide bonds. The van der Waals surface area contributed by atoms with Gasteiger partial charge in [-0.05, 0) is 86.7 Å². The molecule has 7 nitrogen and oxygen atoms in total. The number of hydrogen-bond acceptors (Lipinski definition) is 4. The van der Waals surface area contributed by atoms with Gasteiger partial charge < -0.3 is 10.2 Å². The molecule has 1 saturated carbocycles. The van der Waals surface area contributed by atoms with Crippen LogP contribution in [0.5, 0.6) is 0 Å². The van der Waals surface area contributed by atoms with Gasteiger partial charge >= 0.3 is 0 Å². The standard InChI is InChI=1S/C31H36FN3O4S/c1-22-13-18-28(19-23(22)2)35(40(38,39)29-11-5-4-6-12-29)21-30(36)34(20-25-14-16-26(32)17-15-25)24(3)31(37)33-27-9-7-8-10-27/h4-6,11-19,24,27H,7-10,20-21H2,1-3H3,(H,33,37). The molecule has 212 valence electrons. The van der Waals surface area contributed by atoms with E-state index in [0.29, 0.717) is 11.3 Å². The van der Waals surface area contributed by atoms with Crippen molar-refractivity contribution in [2.75, 3.05) is 10.8 Å². The zero-order valence-electron chi connectivity index (χ0n) is 23.1. The summed E-state index contributed by atoms with van der Waals surface area (Å²) in [5.74, 6) is -1.26. The molecule has 0 heterocycles. The first kappa shape index (κ1) is 29.3. The molecular formula is C31H36FN3O4S. The van der Waals surface area contributed by atoms with Gasteiger partial charge in [0.2, 0.25) is 11.8 Å². The van der Waals surface area contributed by atoms with E-state index in [1.807, 2.05) is 19.9 Å². The summed E-state index contributed by atoms with van der Waals surface area (Å²) < 4.78 is 42.4. The fourth-order valence-electron chi connectivity index (χ4n) is 4.89. The Labute approximate surface area is 236 Å². The number of rotatable bonds is 10. The van der Waals surface area contributed by atoms with Gasteiger partial charge in [0.25, 0.3) is 10.0 Å². The highest BCUT2D eigenvalue weighted by Crippen LogP contribution is 2.27. The van der Waals surface area contributed by atoms with Gasteiger partial charge in [0.1, 0.15) is 18.4 Å². The number of hydrogen-bond donors (Lipinski definition) is 1. The maximum Gasteiger partial charge on any atom is 0.264 e. The molecule has 1 atom stereocenters. The first-order valence-corrected chi connectivity index (χ1v) is 15.0. The molecule has 0 radical (unpaired) electrons. The normalized spacial score (nSPS) is 14.5. The van der Waals surface area contributed by atoms with Gasteiger partial charge in [-0.2, -0.15) is 0 Å². The Morgan fingerprint density at radius 1 is 0.950 bits per heavy atom. The summed E-state index contributed by atoms with van der Waals surface area (Å²) in [7, 11) is -4.12. The van der Waals surface area contributed by atoms with Crippen LogP contribution < -0.4 is 9.62 Å². The zero-order chi connectivity index (χ0) is 28.9. The Bertz CT molecular complexity index is 1440. The minimum atomic E-state index is -4.12. The van der Waals surface area contributed by atoms with Crippen molar-refractivity contribution in [3.63, 3.8) is 0 Å². The number of benzene rings is 3. The molecule has 0 aromatic heterocycles. The van der Waals surface area contributed by atoms with Gasteiger partial charge in [0, 0.05) is 12.6 Å². The van der Waals surface area contributed by atoms with Crippen LogP contribution in [0.3, 0.4) is 0 Å². The molecule has 1 aliphatic rings. The van der Waals surface area contributed by atoms with E-state index in [4.69, 9.17) is 0 Å². The molecule has 0 spiro atoms. The van der Waals surface area contributed by atoms with Crippen LogP contribution in [0.15, 0.2) is 77.7 Å². The van der Waals surface area contributed by atoms with E-state index in [1.165, 1.54) is 29.2 Å². The molecule has 1 N–H and O–H groups in total. The molecule has 4 rings (SSSR count). The second-order valence-corrected chi connectivity index (χ2v) is 12.3. The van der Waals surface area contributed by atoms with E-state index < -0.39 is 34.3 Å². The number of carbonyl (C=O) groups excluding carboxylic acids is 2. The Kier molecular flexibility index (Phi) is 9.25. The van der Waals surface area contributed by atoms with Crippen LogP contribution in [0.4, 0.5) is 10.1 Å². The fourth-order valence-corrected chi connectivity index (χ4v) is 6.32. The lowest BCUT2D eigenvalue weighted by Crippen LogP contribution is -2.52. The predicted octanol–water partition coefficient (Wildman–Crippen LogP) is 5.11. The first-order chi connectivity index (χ1) is 19.1. The van der Waals surface area contributed by atoms with Gasteiger partial charge in [-0.1, -0.05) is 49.2 Å². The lowest BCUT2D eigenvalue weighted by atomic mass is 10.1. The van der Waals surface area contributed by atoms with Crippen molar-refractivity contribution in [3.8, 4) is 0 Å². The fraction of sp³-hybridized carbons (Fsp3) is 0.355. The van der Waals surface area contributed by atoms with E-state index in [2.05, 4.69) is 5.32 Å². The Balaban J connectivity index is 1.69. The Morgan fingerprint density at radius 3 is 2.23 bits per heavy atom. The smallest absolute Gasteiger partial charge is 0.264 e. The van der Waals surface area contributed by atoms with Gasteiger partial charge in [-0.3, -0.25) is 13.9 Å². The van der Waals surface area contributed by atoms with E-state index in [9.17, 15) is 22.4 Å². The molecule has 9 heteroatoms. The maximum absolute atomic E-state index is 14.0. The van der Waals surface area contributed by atoms with Crippen molar-refractivity contribution >= 4 is 27.5 Å². The lowest BCUT2D eigenvalue weighted by molar-refractivity contribution is -0.139. The van der Waals surface area contributed by atoms with Crippen LogP contribution in [0.25, 0.3) is 0 Å². The molecular weight excluding hydrogens is 529 g/mol. The third-order valence-electron chi connectivity index (χ3n) is 7.52. The van der Waals surface area contributed by atoms with E-state index >= 15 is 0 Å². The number of nitrogens with one attached hydrogen (secondary N) is 1.